The number of rotatable bonds is 3. The number of carbonyl (C=O) groups is 1. The highest BCUT2D eigenvalue weighted by Crippen LogP contribution is 2.27. The molecule has 0 atom stereocenters. The van der Waals surface area contributed by atoms with Crippen molar-refractivity contribution >= 4 is 33.5 Å². The Morgan fingerprint density at radius 1 is 1.03 bits per heavy atom. The number of pyridine rings is 1. The van der Waals surface area contributed by atoms with Crippen LogP contribution in [0.15, 0.2) is 73.2 Å². The number of aromatic nitrogens is 4. The monoisotopic (exact) mass is 381 g/mol. The fourth-order valence-corrected chi connectivity index (χ4v) is 3.64. The maximum absolute atomic E-state index is 13.3. The van der Waals surface area contributed by atoms with Gasteiger partial charge < -0.3 is 9.47 Å². The van der Waals surface area contributed by atoms with E-state index in [9.17, 15) is 4.79 Å². The molecule has 0 aliphatic heterocycles. The Hall–Kier alpha value is -3.93. The quantitative estimate of drug-likeness (QED) is 0.504. The molecule has 0 radical (unpaired) electrons. The van der Waals surface area contributed by atoms with Crippen LogP contribution in [0.25, 0.3) is 33.1 Å². The molecule has 3 aromatic heterocycles. The van der Waals surface area contributed by atoms with Gasteiger partial charge in [-0.2, -0.15) is 5.10 Å². The van der Waals surface area contributed by atoms with Crippen molar-refractivity contribution in [3.63, 3.8) is 0 Å². The molecule has 1 amide bonds. The summed E-state index contributed by atoms with van der Waals surface area (Å²) in [5.41, 5.74) is 6.08. The van der Waals surface area contributed by atoms with E-state index >= 15 is 0 Å². The van der Waals surface area contributed by atoms with E-state index in [0.29, 0.717) is 11.1 Å². The number of nitrogens with one attached hydrogen (secondary N) is 1. The van der Waals surface area contributed by atoms with E-state index in [0.717, 1.165) is 33.2 Å². The van der Waals surface area contributed by atoms with Crippen LogP contribution in [0.4, 0.5) is 5.69 Å². The van der Waals surface area contributed by atoms with Crippen LogP contribution in [-0.4, -0.2) is 32.7 Å². The summed E-state index contributed by atoms with van der Waals surface area (Å²) in [6.07, 6.45) is 5.43. The third kappa shape index (κ3) is 2.86. The molecule has 1 N–H and O–H groups in total. The molecule has 0 aliphatic carbocycles. The Bertz CT molecular complexity index is 1350. The molecule has 0 bridgehead atoms. The largest absolute Gasteiger partial charge is 0.348 e. The molecule has 0 unspecified atom stereocenters. The molecular weight excluding hydrogens is 362 g/mol. The van der Waals surface area contributed by atoms with Gasteiger partial charge in [0.1, 0.15) is 5.52 Å². The normalized spacial score (nSPS) is 11.2. The number of aryl methyl sites for hydroxylation is 1. The second-order valence-electron chi connectivity index (χ2n) is 7.12. The number of fused-ring (bicyclic) bond motifs is 2. The Morgan fingerprint density at radius 3 is 2.69 bits per heavy atom. The van der Waals surface area contributed by atoms with Crippen molar-refractivity contribution < 1.29 is 4.79 Å². The molecular formula is C23H19N5O. The van der Waals surface area contributed by atoms with Crippen molar-refractivity contribution in [3.05, 3.63) is 78.8 Å². The highest BCUT2D eigenvalue weighted by molar-refractivity contribution is 6.13. The van der Waals surface area contributed by atoms with Crippen molar-refractivity contribution in [1.82, 2.24) is 19.7 Å². The number of hydrogen-bond donors (Lipinski definition) is 1. The van der Waals surface area contributed by atoms with Gasteiger partial charge in [-0.25, -0.2) is 0 Å². The molecule has 0 spiro atoms. The Balaban J connectivity index is 1.54. The van der Waals surface area contributed by atoms with Gasteiger partial charge in [-0.15, -0.1) is 0 Å². The minimum atomic E-state index is -0.0987. The van der Waals surface area contributed by atoms with Gasteiger partial charge in [0.2, 0.25) is 0 Å². The number of benzene rings is 2. The second-order valence-corrected chi connectivity index (χ2v) is 7.12. The van der Waals surface area contributed by atoms with Crippen LogP contribution in [0.1, 0.15) is 10.4 Å². The van der Waals surface area contributed by atoms with E-state index in [1.54, 1.807) is 18.1 Å². The fraction of sp³-hybridized carbons (Fsp3) is 0.0870. The highest BCUT2D eigenvalue weighted by Gasteiger charge is 2.20. The summed E-state index contributed by atoms with van der Waals surface area (Å²) in [6, 6.07) is 18.0. The molecule has 29 heavy (non-hydrogen) atoms. The number of hydrogen-bond acceptors (Lipinski definition) is 3. The molecule has 0 aliphatic rings. The highest BCUT2D eigenvalue weighted by atomic mass is 16.2. The lowest BCUT2D eigenvalue weighted by atomic mass is 10.1. The van der Waals surface area contributed by atoms with Gasteiger partial charge in [0.05, 0.1) is 22.8 Å². The van der Waals surface area contributed by atoms with Gasteiger partial charge in [-0.3, -0.25) is 14.9 Å². The van der Waals surface area contributed by atoms with E-state index in [1.807, 2.05) is 60.4 Å². The molecule has 0 saturated carbocycles. The average Bonchev–Trinajstić information content (AvgIpc) is 3.37. The smallest absolute Gasteiger partial charge is 0.261 e. The molecule has 6 heteroatoms. The van der Waals surface area contributed by atoms with Crippen LogP contribution in [0.5, 0.6) is 0 Å². The predicted octanol–water partition coefficient (Wildman–Crippen LogP) is 4.39. The van der Waals surface area contributed by atoms with Crippen LogP contribution < -0.4 is 4.90 Å². The molecule has 5 rings (SSSR count). The number of aromatic amines is 1. The van der Waals surface area contributed by atoms with Crippen molar-refractivity contribution in [2.24, 2.45) is 7.05 Å². The summed E-state index contributed by atoms with van der Waals surface area (Å²) in [7, 11) is 3.72. The third-order valence-electron chi connectivity index (χ3n) is 5.28. The molecule has 0 saturated heterocycles. The van der Waals surface area contributed by atoms with Gasteiger partial charge in [0.15, 0.2) is 0 Å². The lowest BCUT2D eigenvalue weighted by Gasteiger charge is -2.17. The van der Waals surface area contributed by atoms with E-state index < -0.39 is 0 Å². The van der Waals surface area contributed by atoms with Crippen LogP contribution in [0.2, 0.25) is 0 Å². The van der Waals surface area contributed by atoms with E-state index in [4.69, 9.17) is 0 Å². The van der Waals surface area contributed by atoms with Crippen molar-refractivity contribution in [1.29, 1.82) is 0 Å². The molecule has 142 valence electrons. The van der Waals surface area contributed by atoms with E-state index in [-0.39, 0.29) is 5.91 Å². The number of H-pyrrole nitrogens is 1. The van der Waals surface area contributed by atoms with Crippen LogP contribution >= 0.6 is 0 Å². The summed E-state index contributed by atoms with van der Waals surface area (Å²) >= 11 is 0. The second kappa shape index (κ2) is 6.60. The zero-order chi connectivity index (χ0) is 20.0. The predicted molar refractivity (Wildman–Crippen MR) is 115 cm³/mol. The Kier molecular flexibility index (Phi) is 3.91. The fourth-order valence-electron chi connectivity index (χ4n) is 3.64. The zero-order valence-corrected chi connectivity index (χ0v) is 16.1. The maximum atomic E-state index is 13.3. The standard InChI is InChI=1S/C23H19N5O/c1-27-14-19(22-21(27)11-16(12-24-22)15-6-4-3-5-7-15)23(29)28(2)18-8-9-20-17(10-18)13-25-26-20/h3-14H,1-2H3,(H,25,26). The average molecular weight is 381 g/mol. The first-order valence-electron chi connectivity index (χ1n) is 9.33. The lowest BCUT2D eigenvalue weighted by molar-refractivity contribution is 0.0994. The number of amides is 1. The summed E-state index contributed by atoms with van der Waals surface area (Å²) < 4.78 is 1.95. The van der Waals surface area contributed by atoms with Gasteiger partial charge in [0.25, 0.3) is 5.91 Å². The lowest BCUT2D eigenvalue weighted by Crippen LogP contribution is -2.26. The topological polar surface area (TPSA) is 66.8 Å². The third-order valence-corrected chi connectivity index (χ3v) is 5.28. The molecule has 2 aromatic carbocycles. The molecule has 6 nitrogen and oxygen atoms in total. The van der Waals surface area contributed by atoms with Gasteiger partial charge in [-0.05, 0) is 29.8 Å². The van der Waals surface area contributed by atoms with E-state index in [2.05, 4.69) is 33.4 Å². The number of nitrogens with zero attached hydrogens (tertiary/aromatic N) is 4. The first kappa shape index (κ1) is 17.2. The van der Waals surface area contributed by atoms with Crippen LogP contribution in [0.3, 0.4) is 0 Å². The molecule has 5 aromatic rings. The molecule has 0 fully saturated rings. The van der Waals surface area contributed by atoms with Crippen molar-refractivity contribution in [2.75, 3.05) is 11.9 Å². The SMILES string of the molecule is CN(C(=O)c1cn(C)c2cc(-c3ccccc3)cnc12)c1ccc2[nH]ncc2c1. The first-order valence-corrected chi connectivity index (χ1v) is 9.33. The zero-order valence-electron chi connectivity index (χ0n) is 16.1. The van der Waals surface area contributed by atoms with Gasteiger partial charge in [0, 0.05) is 43.1 Å². The Labute approximate surface area is 167 Å². The van der Waals surface area contributed by atoms with Crippen LogP contribution in [0, 0.1) is 0 Å². The summed E-state index contributed by atoms with van der Waals surface area (Å²) in [5, 5.41) is 7.93. The summed E-state index contributed by atoms with van der Waals surface area (Å²) in [5.74, 6) is -0.0987. The van der Waals surface area contributed by atoms with E-state index in [1.165, 1.54) is 0 Å². The van der Waals surface area contributed by atoms with Crippen LogP contribution in [-0.2, 0) is 7.05 Å². The number of anilines is 1. The minimum absolute atomic E-state index is 0.0987. The number of carbonyl (C=O) groups excluding carboxylic acids is 1. The molecule has 3 heterocycles. The Morgan fingerprint density at radius 2 is 1.86 bits per heavy atom. The van der Waals surface area contributed by atoms with Crippen molar-refractivity contribution in [2.45, 2.75) is 0 Å². The summed E-state index contributed by atoms with van der Waals surface area (Å²) in [4.78, 5) is 19.5. The summed E-state index contributed by atoms with van der Waals surface area (Å²) in [6.45, 7) is 0. The minimum Gasteiger partial charge on any atom is -0.348 e. The van der Waals surface area contributed by atoms with Gasteiger partial charge >= 0.3 is 0 Å². The maximum Gasteiger partial charge on any atom is 0.261 e. The first-order chi connectivity index (χ1) is 14.1. The van der Waals surface area contributed by atoms with Gasteiger partial charge in [-0.1, -0.05) is 30.3 Å². The van der Waals surface area contributed by atoms with Crippen molar-refractivity contribution in [3.8, 4) is 11.1 Å².